The van der Waals surface area contributed by atoms with Gasteiger partial charge >= 0.3 is 0 Å². The molecule has 1 fully saturated rings. The summed E-state index contributed by atoms with van der Waals surface area (Å²) >= 11 is 0. The number of Topliss-reactive ketones (excluding diaryl/α,β-unsaturated/α-hetero) is 1. The molecule has 3 heterocycles. The van der Waals surface area contributed by atoms with Gasteiger partial charge in [-0.05, 0) is 57.3 Å². The normalized spacial score (nSPS) is 16.3. The van der Waals surface area contributed by atoms with E-state index in [-0.39, 0.29) is 11.9 Å². The van der Waals surface area contributed by atoms with E-state index in [1.807, 2.05) is 19.2 Å². The minimum atomic E-state index is 0.131. The first-order chi connectivity index (χ1) is 13.0. The highest BCUT2D eigenvalue weighted by atomic mass is 16.5. The minimum Gasteiger partial charge on any atom is -0.474 e. The highest BCUT2D eigenvalue weighted by Gasteiger charge is 2.24. The average molecular weight is 373 g/mol. The van der Waals surface area contributed by atoms with E-state index in [1.165, 1.54) is 0 Å². The average Bonchev–Trinajstić information content (AvgIpc) is 3.03. The Labute approximate surface area is 161 Å². The predicted molar refractivity (Wildman–Crippen MR) is 107 cm³/mol. The Hall–Kier alpha value is -1.95. The Morgan fingerprint density at radius 1 is 1.22 bits per heavy atom. The second kappa shape index (κ2) is 8.83. The molecule has 27 heavy (non-hydrogen) atoms. The molecule has 1 saturated heterocycles. The van der Waals surface area contributed by atoms with Crippen LogP contribution in [0.3, 0.4) is 0 Å². The molecule has 2 aromatic rings. The van der Waals surface area contributed by atoms with Crippen molar-refractivity contribution in [3.63, 3.8) is 0 Å². The van der Waals surface area contributed by atoms with Crippen LogP contribution < -0.4 is 4.74 Å². The zero-order chi connectivity index (χ0) is 19.4. The van der Waals surface area contributed by atoms with Gasteiger partial charge in [-0.2, -0.15) is 10.1 Å². The summed E-state index contributed by atoms with van der Waals surface area (Å²) in [6.07, 6.45) is 4.82. The van der Waals surface area contributed by atoms with Gasteiger partial charge in [0.1, 0.15) is 5.69 Å². The van der Waals surface area contributed by atoms with Crippen molar-refractivity contribution in [2.24, 2.45) is 13.0 Å². The van der Waals surface area contributed by atoms with Gasteiger partial charge < -0.3 is 9.64 Å². The Morgan fingerprint density at radius 3 is 2.56 bits per heavy atom. The van der Waals surface area contributed by atoms with Gasteiger partial charge in [-0.3, -0.25) is 4.79 Å². The molecule has 0 aromatic carbocycles. The van der Waals surface area contributed by atoms with Crippen LogP contribution in [0, 0.1) is 5.92 Å². The molecule has 6 nitrogen and oxygen atoms in total. The van der Waals surface area contributed by atoms with Crippen molar-refractivity contribution >= 4 is 16.8 Å². The molecule has 0 bridgehead atoms. The standard InChI is InChI=1S/C21H32N4O2/c1-5-16(6-2)27-19-9-8-17-20(23-24(4)21(17)22-19)18(26)14-15-10-12-25(7-3)13-11-15/h8-9,15-16H,5-7,10-14H2,1-4H3. The van der Waals surface area contributed by atoms with Gasteiger partial charge in [-0.1, -0.05) is 20.8 Å². The molecular formula is C21H32N4O2. The van der Waals surface area contributed by atoms with Crippen LogP contribution in [0.15, 0.2) is 12.1 Å². The molecule has 1 aliphatic rings. The smallest absolute Gasteiger partial charge is 0.215 e. The summed E-state index contributed by atoms with van der Waals surface area (Å²) in [4.78, 5) is 19.9. The highest BCUT2D eigenvalue weighted by molar-refractivity contribution is 6.05. The lowest BCUT2D eigenvalue weighted by atomic mass is 9.90. The summed E-state index contributed by atoms with van der Waals surface area (Å²) in [6.45, 7) is 9.70. The summed E-state index contributed by atoms with van der Waals surface area (Å²) < 4.78 is 7.64. The van der Waals surface area contributed by atoms with Gasteiger partial charge in [0.25, 0.3) is 0 Å². The first-order valence-electron chi connectivity index (χ1n) is 10.3. The Kier molecular flexibility index (Phi) is 6.47. The van der Waals surface area contributed by atoms with Gasteiger partial charge in [-0.25, -0.2) is 4.68 Å². The molecular weight excluding hydrogens is 340 g/mol. The van der Waals surface area contributed by atoms with Crippen molar-refractivity contribution in [1.29, 1.82) is 0 Å². The van der Waals surface area contributed by atoms with E-state index in [0.717, 1.165) is 50.7 Å². The van der Waals surface area contributed by atoms with E-state index in [9.17, 15) is 4.79 Å². The van der Waals surface area contributed by atoms with Crippen molar-refractivity contribution in [3.8, 4) is 5.88 Å². The van der Waals surface area contributed by atoms with E-state index in [0.29, 0.717) is 29.6 Å². The van der Waals surface area contributed by atoms with Crippen LogP contribution in [0.5, 0.6) is 5.88 Å². The Bertz CT molecular complexity index is 774. The molecule has 0 atom stereocenters. The van der Waals surface area contributed by atoms with Crippen LogP contribution in [-0.4, -0.2) is 51.2 Å². The number of fused-ring (bicyclic) bond motifs is 1. The number of ketones is 1. The SMILES string of the molecule is CCC(CC)Oc1ccc2c(C(=O)CC3CCN(CC)CC3)nn(C)c2n1. The fraction of sp³-hybridized carbons (Fsp3) is 0.667. The maximum absolute atomic E-state index is 12.9. The van der Waals surface area contributed by atoms with Crippen LogP contribution in [0.1, 0.15) is 63.4 Å². The van der Waals surface area contributed by atoms with Crippen LogP contribution in [-0.2, 0) is 7.05 Å². The zero-order valence-corrected chi connectivity index (χ0v) is 17.1. The maximum atomic E-state index is 12.9. The lowest BCUT2D eigenvalue weighted by Crippen LogP contribution is -2.34. The van der Waals surface area contributed by atoms with Crippen molar-refractivity contribution in [2.75, 3.05) is 19.6 Å². The van der Waals surface area contributed by atoms with Crippen molar-refractivity contribution < 1.29 is 9.53 Å². The fourth-order valence-electron chi connectivity index (χ4n) is 3.88. The number of aryl methyl sites for hydroxylation is 1. The van der Waals surface area contributed by atoms with E-state index in [4.69, 9.17) is 4.74 Å². The molecule has 1 aliphatic heterocycles. The predicted octanol–water partition coefficient (Wildman–Crippen LogP) is 3.84. The van der Waals surface area contributed by atoms with Gasteiger partial charge in [-0.15, -0.1) is 0 Å². The molecule has 0 spiro atoms. The molecule has 0 unspecified atom stereocenters. The first kappa shape index (κ1) is 19.8. The molecule has 0 amide bonds. The lowest BCUT2D eigenvalue weighted by molar-refractivity contribution is 0.0926. The molecule has 0 aliphatic carbocycles. The highest BCUT2D eigenvalue weighted by Crippen LogP contribution is 2.26. The summed E-state index contributed by atoms with van der Waals surface area (Å²) in [6, 6.07) is 3.79. The Morgan fingerprint density at radius 2 is 1.93 bits per heavy atom. The molecule has 6 heteroatoms. The molecule has 2 aromatic heterocycles. The number of rotatable bonds is 8. The van der Waals surface area contributed by atoms with Gasteiger partial charge in [0.15, 0.2) is 11.4 Å². The van der Waals surface area contributed by atoms with Gasteiger partial charge in [0.2, 0.25) is 5.88 Å². The first-order valence-corrected chi connectivity index (χ1v) is 10.3. The quantitative estimate of drug-likeness (QED) is 0.659. The van der Waals surface area contributed by atoms with Crippen LogP contribution in [0.25, 0.3) is 11.0 Å². The van der Waals surface area contributed by atoms with E-state index in [2.05, 4.69) is 35.8 Å². The van der Waals surface area contributed by atoms with E-state index in [1.54, 1.807) is 4.68 Å². The van der Waals surface area contributed by atoms with Crippen LogP contribution in [0.2, 0.25) is 0 Å². The number of hydrogen-bond donors (Lipinski definition) is 0. The number of nitrogens with zero attached hydrogens (tertiary/aromatic N) is 4. The van der Waals surface area contributed by atoms with Crippen LogP contribution in [0.4, 0.5) is 0 Å². The monoisotopic (exact) mass is 372 g/mol. The molecule has 0 N–H and O–H groups in total. The van der Waals surface area contributed by atoms with E-state index >= 15 is 0 Å². The second-order valence-corrected chi connectivity index (χ2v) is 7.55. The maximum Gasteiger partial charge on any atom is 0.215 e. The van der Waals surface area contributed by atoms with Gasteiger partial charge in [0.05, 0.1) is 11.5 Å². The number of likely N-dealkylation sites (tertiary alicyclic amines) is 1. The summed E-state index contributed by atoms with van der Waals surface area (Å²) in [5.74, 6) is 1.19. The van der Waals surface area contributed by atoms with Crippen molar-refractivity contribution in [1.82, 2.24) is 19.7 Å². The number of ether oxygens (including phenoxy) is 1. The molecule has 0 radical (unpaired) electrons. The third kappa shape index (κ3) is 4.49. The Balaban J connectivity index is 1.74. The van der Waals surface area contributed by atoms with Crippen LogP contribution >= 0.6 is 0 Å². The topological polar surface area (TPSA) is 60.2 Å². The second-order valence-electron chi connectivity index (χ2n) is 7.55. The molecule has 148 valence electrons. The van der Waals surface area contributed by atoms with E-state index < -0.39 is 0 Å². The lowest BCUT2D eigenvalue weighted by Gasteiger charge is -2.30. The summed E-state index contributed by atoms with van der Waals surface area (Å²) in [5.41, 5.74) is 1.26. The zero-order valence-electron chi connectivity index (χ0n) is 17.1. The number of piperidine rings is 1. The largest absolute Gasteiger partial charge is 0.474 e. The minimum absolute atomic E-state index is 0.131. The summed E-state index contributed by atoms with van der Waals surface area (Å²) in [7, 11) is 1.84. The number of hydrogen-bond acceptors (Lipinski definition) is 5. The third-order valence-electron chi connectivity index (χ3n) is 5.75. The van der Waals surface area contributed by atoms with Crippen molar-refractivity contribution in [3.05, 3.63) is 17.8 Å². The summed E-state index contributed by atoms with van der Waals surface area (Å²) in [5, 5.41) is 5.31. The number of carbonyl (C=O) groups is 1. The molecule has 3 rings (SSSR count). The number of aromatic nitrogens is 3. The van der Waals surface area contributed by atoms with Crippen molar-refractivity contribution in [2.45, 2.75) is 59.0 Å². The fourth-order valence-corrected chi connectivity index (χ4v) is 3.88. The number of pyridine rings is 1. The van der Waals surface area contributed by atoms with Gasteiger partial charge in [0, 0.05) is 19.5 Å². The number of carbonyl (C=O) groups excluding carboxylic acids is 1. The molecule has 0 saturated carbocycles. The third-order valence-corrected chi connectivity index (χ3v) is 5.75.